The molecule has 0 amide bonds. The van der Waals surface area contributed by atoms with Gasteiger partial charge in [0.25, 0.3) is 0 Å². The summed E-state index contributed by atoms with van der Waals surface area (Å²) in [6, 6.07) is 8.41. The fourth-order valence-electron chi connectivity index (χ4n) is 4.70. The van der Waals surface area contributed by atoms with E-state index in [0.717, 1.165) is 53.2 Å². The Labute approximate surface area is 292 Å². The molecule has 0 unspecified atom stereocenters. The molecule has 1 saturated carbocycles. The van der Waals surface area contributed by atoms with Crippen LogP contribution >= 0.6 is 35.0 Å². The molecule has 1 aliphatic carbocycles. The number of alkyl halides is 5. The van der Waals surface area contributed by atoms with E-state index in [1.807, 2.05) is 0 Å². The van der Waals surface area contributed by atoms with E-state index in [4.69, 9.17) is 32.7 Å². The number of rotatable bonds is 14. The number of halogens is 7. The topological polar surface area (TPSA) is 136 Å². The summed E-state index contributed by atoms with van der Waals surface area (Å²) in [6.07, 6.45) is -1.01. The van der Waals surface area contributed by atoms with Crippen LogP contribution in [0.4, 0.5) is 22.0 Å². The van der Waals surface area contributed by atoms with Crippen molar-refractivity contribution >= 4 is 51.0 Å². The molecule has 2 heterocycles. The number of benzene rings is 2. The Morgan fingerprint density at radius 3 is 2.31 bits per heavy atom. The Hall–Kier alpha value is -3.09. The first kappa shape index (κ1) is 38.7. The minimum absolute atomic E-state index is 0. The first-order valence-corrected chi connectivity index (χ1v) is 17.6. The highest BCUT2D eigenvalue weighted by molar-refractivity contribution is 8.02. The Morgan fingerprint density at radius 1 is 1.02 bits per heavy atom. The lowest BCUT2D eigenvalue weighted by Gasteiger charge is -2.26. The van der Waals surface area contributed by atoms with Crippen LogP contribution < -0.4 is 19.2 Å². The second kappa shape index (κ2) is 16.3. The molecule has 49 heavy (non-hydrogen) atoms. The second-order valence-electron chi connectivity index (χ2n) is 10.8. The van der Waals surface area contributed by atoms with Gasteiger partial charge in [-0.1, -0.05) is 29.3 Å². The van der Waals surface area contributed by atoms with Gasteiger partial charge in [0.2, 0.25) is 10.0 Å². The lowest BCUT2D eigenvalue weighted by molar-refractivity contribution is -0.377. The summed E-state index contributed by atoms with van der Waals surface area (Å²) in [4.78, 5) is 16.2. The highest BCUT2D eigenvalue weighted by Crippen LogP contribution is 2.39. The third-order valence-electron chi connectivity index (χ3n) is 7.26. The molecule has 2 N–H and O–H groups in total. The number of nitrogens with one attached hydrogen (secondary N) is 1. The van der Waals surface area contributed by atoms with Crippen molar-refractivity contribution in [1.29, 1.82) is 0 Å². The van der Waals surface area contributed by atoms with Gasteiger partial charge in [0, 0.05) is 24.3 Å². The van der Waals surface area contributed by atoms with Gasteiger partial charge in [0.15, 0.2) is 35.9 Å². The minimum Gasteiger partial charge on any atom is -0.870 e. The van der Waals surface area contributed by atoms with Gasteiger partial charge in [0.1, 0.15) is 21.9 Å². The average molecular weight is 776 g/mol. The molecular weight excluding hydrogens is 746 g/mol. The number of H-pyrrole nitrogens is 1. The molecule has 2 atom stereocenters. The number of nitrogens with zero attached hydrogens (tertiary/aromatic N) is 1. The summed E-state index contributed by atoms with van der Waals surface area (Å²) in [6.45, 7) is -4.47. The lowest BCUT2D eigenvalue weighted by atomic mass is 10.0. The summed E-state index contributed by atoms with van der Waals surface area (Å²) >= 11 is 13.8. The number of carbonyl (C=O) groups excluding carboxylic acids is 1. The zero-order chi connectivity index (χ0) is 34.6. The zero-order valence-electron chi connectivity index (χ0n) is 25.2. The van der Waals surface area contributed by atoms with Crippen LogP contribution in [0.2, 0.25) is 10.0 Å². The summed E-state index contributed by atoms with van der Waals surface area (Å²) in [5, 5.41) is -0.900. The number of aromatic nitrogens is 1. The molecule has 0 spiro atoms. The number of hydrogen-bond acceptors (Lipinski definition) is 9. The Balaban J connectivity index is 0.00000541. The molecule has 19 heteroatoms. The first-order valence-electron chi connectivity index (χ1n) is 14.4. The molecule has 3 aromatic rings. The maximum Gasteiger partial charge on any atom is 0.422 e. The number of carbonyl (C=O) groups is 1. The van der Waals surface area contributed by atoms with Crippen LogP contribution in [0, 0.1) is 5.92 Å². The van der Waals surface area contributed by atoms with Crippen molar-refractivity contribution in [3.63, 3.8) is 0 Å². The second-order valence-corrected chi connectivity index (χ2v) is 14.7. The standard InChI is InChI=1S/C30H27Cl2F5N2O7S2.H2O/c31-22-13-38-14-23(32)21(22)12-25(18-3-8-24(46-29(33)34)26(11-18)43-15-17-1-2-17)45-28(40)27-39(9-10-47-27)48(41,42)20-6-4-19(5-7-20)44-16-30(35,36)37;/h3-8,11,13-14,17,25,27,29H,1-2,9-10,12,15-16H2;1H2/t25-,27-;/m0./s1. The van der Waals surface area contributed by atoms with E-state index in [1.165, 1.54) is 30.6 Å². The molecule has 2 fully saturated rings. The van der Waals surface area contributed by atoms with Crippen molar-refractivity contribution in [1.82, 2.24) is 4.31 Å². The molecule has 1 saturated heterocycles. The van der Waals surface area contributed by atoms with Gasteiger partial charge in [-0.05, 0) is 60.7 Å². The monoisotopic (exact) mass is 774 g/mol. The van der Waals surface area contributed by atoms with E-state index in [1.54, 1.807) is 0 Å². The van der Waals surface area contributed by atoms with Crippen LogP contribution in [0.1, 0.15) is 30.1 Å². The maximum atomic E-state index is 13.7. The van der Waals surface area contributed by atoms with E-state index in [9.17, 15) is 35.2 Å². The number of hydrogen-bond donors (Lipinski definition) is 0. The number of ether oxygens (including phenoxy) is 4. The lowest BCUT2D eigenvalue weighted by Crippen LogP contribution is -2.40. The smallest absolute Gasteiger partial charge is 0.422 e. The number of esters is 1. The van der Waals surface area contributed by atoms with Crippen molar-refractivity contribution < 1.29 is 64.6 Å². The van der Waals surface area contributed by atoms with Crippen molar-refractivity contribution in [2.75, 3.05) is 25.5 Å². The Morgan fingerprint density at radius 2 is 1.69 bits per heavy atom. The van der Waals surface area contributed by atoms with Gasteiger partial charge < -0.3 is 24.4 Å². The number of pyridine rings is 1. The summed E-state index contributed by atoms with van der Waals surface area (Å²) in [5.74, 6) is -0.830. The van der Waals surface area contributed by atoms with Crippen molar-refractivity contribution in [2.45, 2.75) is 48.4 Å². The van der Waals surface area contributed by atoms with Gasteiger partial charge in [-0.3, -0.25) is 0 Å². The number of sulfonamides is 1. The van der Waals surface area contributed by atoms with Crippen LogP contribution in [0.3, 0.4) is 0 Å². The maximum absolute atomic E-state index is 13.7. The van der Waals surface area contributed by atoms with Gasteiger partial charge in [-0.15, -0.1) is 11.8 Å². The van der Waals surface area contributed by atoms with E-state index >= 15 is 0 Å². The predicted octanol–water partition coefficient (Wildman–Crippen LogP) is 6.55. The SMILES string of the molecule is O=C(O[C@@H](Cc1c(Cl)c[nH+]cc1Cl)c1ccc(OC(F)F)c(OCC2CC2)c1)[C@@H]1SCCN1S(=O)(=O)c1ccc(OCC(F)(F)F)cc1.[OH-]. The third-order valence-corrected chi connectivity index (χ3v) is 11.1. The summed E-state index contributed by atoms with van der Waals surface area (Å²) in [5.41, 5.74) is 0.696. The minimum atomic E-state index is -4.58. The molecule has 1 aliphatic heterocycles. The quantitative estimate of drug-likeness (QED) is 0.132. The van der Waals surface area contributed by atoms with Gasteiger partial charge in [0.05, 0.1) is 11.5 Å². The Bertz CT molecular complexity index is 1700. The highest BCUT2D eigenvalue weighted by atomic mass is 35.5. The van der Waals surface area contributed by atoms with Crippen molar-refractivity contribution in [3.8, 4) is 17.2 Å². The molecule has 0 radical (unpaired) electrons. The molecule has 2 aromatic carbocycles. The summed E-state index contributed by atoms with van der Waals surface area (Å²) < 4.78 is 113. The van der Waals surface area contributed by atoms with Gasteiger partial charge in [-0.2, -0.15) is 26.3 Å². The largest absolute Gasteiger partial charge is 0.870 e. The highest BCUT2D eigenvalue weighted by Gasteiger charge is 2.42. The Kier molecular flexibility index (Phi) is 12.9. The van der Waals surface area contributed by atoms with Crippen LogP contribution in [0.25, 0.3) is 0 Å². The van der Waals surface area contributed by atoms with Crippen LogP contribution in [0.5, 0.6) is 17.2 Å². The van der Waals surface area contributed by atoms with E-state index in [2.05, 4.69) is 14.5 Å². The fraction of sp³-hybridized carbons (Fsp3) is 0.400. The predicted molar refractivity (Wildman–Crippen MR) is 167 cm³/mol. The molecule has 10 nitrogen and oxygen atoms in total. The van der Waals surface area contributed by atoms with Gasteiger partial charge in [-0.25, -0.2) is 18.2 Å². The zero-order valence-corrected chi connectivity index (χ0v) is 28.3. The van der Waals surface area contributed by atoms with E-state index < -0.39 is 46.9 Å². The van der Waals surface area contributed by atoms with Crippen LogP contribution in [-0.4, -0.2) is 67.8 Å². The molecule has 0 bridgehead atoms. The van der Waals surface area contributed by atoms with Crippen molar-refractivity contribution in [3.05, 3.63) is 76.0 Å². The summed E-state index contributed by atoms with van der Waals surface area (Å²) in [7, 11) is -4.32. The molecule has 1 aromatic heterocycles. The van der Waals surface area contributed by atoms with Crippen LogP contribution in [-0.2, 0) is 26.0 Å². The molecule has 5 rings (SSSR count). The molecule has 2 aliphatic rings. The average Bonchev–Trinajstić information content (AvgIpc) is 3.72. The van der Waals surface area contributed by atoms with Gasteiger partial charge >= 0.3 is 18.8 Å². The fourth-order valence-corrected chi connectivity index (χ4v) is 8.28. The molecular formula is C30H29Cl2F5N2O8S2. The third kappa shape index (κ3) is 10.2. The molecule has 268 valence electrons. The number of thioether (sulfide) groups is 1. The number of aromatic amines is 1. The normalized spacial score (nSPS) is 17.3. The van der Waals surface area contributed by atoms with Crippen molar-refractivity contribution in [2.24, 2.45) is 5.92 Å². The van der Waals surface area contributed by atoms with E-state index in [-0.39, 0.29) is 68.9 Å². The van der Waals surface area contributed by atoms with E-state index in [0.29, 0.717) is 11.1 Å². The first-order chi connectivity index (χ1) is 22.7. The van der Waals surface area contributed by atoms with Crippen LogP contribution in [0.15, 0.2) is 59.8 Å².